The van der Waals surface area contributed by atoms with E-state index < -0.39 is 0 Å². The van der Waals surface area contributed by atoms with Crippen molar-refractivity contribution in [3.05, 3.63) is 29.8 Å². The van der Waals surface area contributed by atoms with Crippen LogP contribution < -0.4 is 16.0 Å². The number of likely N-dealkylation sites (N-methyl/N-ethyl adjacent to an activating group) is 1. The summed E-state index contributed by atoms with van der Waals surface area (Å²) < 4.78 is 0. The molecule has 0 aliphatic heterocycles. The van der Waals surface area contributed by atoms with Crippen molar-refractivity contribution >= 4 is 17.6 Å². The standard InChI is InChI=1S/C22H38N4O2/c1-8-26(9-2)19(13-16(3)4)15-23-21(28)24-18-12-10-11-17(14-18)20(27)25-22(5,6)7/h10-12,14,16,19H,8-9,13,15H2,1-7H3,(H,25,27)(H2,23,24,28). The zero-order valence-corrected chi connectivity index (χ0v) is 18.6. The molecule has 6 nitrogen and oxygen atoms in total. The molecule has 0 fully saturated rings. The van der Waals surface area contributed by atoms with Gasteiger partial charge in [0, 0.05) is 29.4 Å². The van der Waals surface area contributed by atoms with Crippen LogP contribution in [0.2, 0.25) is 0 Å². The number of carbonyl (C=O) groups excluding carboxylic acids is 2. The first-order chi connectivity index (χ1) is 13.1. The van der Waals surface area contributed by atoms with Crippen molar-refractivity contribution in [2.45, 2.75) is 66.5 Å². The van der Waals surface area contributed by atoms with Gasteiger partial charge in [-0.15, -0.1) is 0 Å². The zero-order chi connectivity index (χ0) is 21.3. The summed E-state index contributed by atoms with van der Waals surface area (Å²) in [6.07, 6.45) is 1.03. The Bertz CT molecular complexity index is 634. The van der Waals surface area contributed by atoms with Crippen molar-refractivity contribution in [1.82, 2.24) is 15.5 Å². The Kier molecular flexibility index (Phi) is 9.46. The summed E-state index contributed by atoms with van der Waals surface area (Å²) in [5.41, 5.74) is 0.809. The van der Waals surface area contributed by atoms with E-state index in [0.717, 1.165) is 19.5 Å². The Morgan fingerprint density at radius 2 is 1.75 bits per heavy atom. The third-order valence-electron chi connectivity index (χ3n) is 4.44. The molecule has 1 aromatic rings. The number of carbonyl (C=O) groups is 2. The summed E-state index contributed by atoms with van der Waals surface area (Å²) in [6, 6.07) is 7.03. The van der Waals surface area contributed by atoms with Crippen LogP contribution in [0.5, 0.6) is 0 Å². The second kappa shape index (κ2) is 11.1. The number of nitrogens with zero attached hydrogens (tertiary/aromatic N) is 1. The van der Waals surface area contributed by atoms with E-state index in [4.69, 9.17) is 0 Å². The normalized spacial score (nSPS) is 12.8. The van der Waals surface area contributed by atoms with Gasteiger partial charge in [0.15, 0.2) is 0 Å². The lowest BCUT2D eigenvalue weighted by atomic mass is 10.0. The monoisotopic (exact) mass is 390 g/mol. The van der Waals surface area contributed by atoms with Gasteiger partial charge in [0.1, 0.15) is 0 Å². The summed E-state index contributed by atoms with van der Waals surface area (Å²) in [6.45, 7) is 17.0. The number of nitrogens with one attached hydrogen (secondary N) is 3. The highest BCUT2D eigenvalue weighted by Crippen LogP contribution is 2.13. The summed E-state index contributed by atoms with van der Waals surface area (Å²) >= 11 is 0. The van der Waals surface area contributed by atoms with Crippen LogP contribution in [0.25, 0.3) is 0 Å². The molecule has 6 heteroatoms. The fraction of sp³-hybridized carbons (Fsp3) is 0.636. The third-order valence-corrected chi connectivity index (χ3v) is 4.44. The molecule has 0 saturated heterocycles. The molecule has 0 aromatic heterocycles. The van der Waals surface area contributed by atoms with Gasteiger partial charge in [-0.2, -0.15) is 0 Å². The van der Waals surface area contributed by atoms with Crippen molar-refractivity contribution in [3.63, 3.8) is 0 Å². The second-order valence-electron chi connectivity index (χ2n) is 8.62. The van der Waals surface area contributed by atoms with Gasteiger partial charge in [0.25, 0.3) is 5.91 Å². The van der Waals surface area contributed by atoms with Crippen molar-refractivity contribution in [2.75, 3.05) is 25.0 Å². The maximum Gasteiger partial charge on any atom is 0.319 e. The predicted molar refractivity (Wildman–Crippen MR) is 117 cm³/mol. The van der Waals surface area contributed by atoms with E-state index in [-0.39, 0.29) is 17.5 Å². The van der Waals surface area contributed by atoms with Crippen LogP contribution >= 0.6 is 0 Å². The van der Waals surface area contributed by atoms with Crippen molar-refractivity contribution in [1.29, 1.82) is 0 Å². The lowest BCUT2D eigenvalue weighted by molar-refractivity contribution is 0.0919. The first-order valence-electron chi connectivity index (χ1n) is 10.3. The highest BCUT2D eigenvalue weighted by molar-refractivity contribution is 5.97. The number of urea groups is 1. The number of amides is 3. The third kappa shape index (κ3) is 8.74. The topological polar surface area (TPSA) is 73.5 Å². The maximum atomic E-state index is 12.4. The average molecular weight is 391 g/mol. The molecule has 158 valence electrons. The van der Waals surface area contributed by atoms with Gasteiger partial charge in [0.05, 0.1) is 0 Å². The summed E-state index contributed by atoms with van der Waals surface area (Å²) in [5, 5.41) is 8.74. The molecule has 0 radical (unpaired) electrons. The quantitative estimate of drug-likeness (QED) is 0.594. The van der Waals surface area contributed by atoms with E-state index in [1.54, 1.807) is 24.3 Å². The molecule has 3 amide bonds. The number of hydrogen-bond acceptors (Lipinski definition) is 3. The molecule has 0 heterocycles. The Balaban J connectivity index is 2.69. The van der Waals surface area contributed by atoms with Crippen LogP contribution in [-0.4, -0.2) is 48.1 Å². The number of anilines is 1. The molecule has 0 bridgehead atoms. The first kappa shape index (κ1) is 24.0. The van der Waals surface area contributed by atoms with Crippen LogP contribution in [0.4, 0.5) is 10.5 Å². The van der Waals surface area contributed by atoms with Crippen LogP contribution in [-0.2, 0) is 0 Å². The lowest BCUT2D eigenvalue weighted by Gasteiger charge is -2.31. The Morgan fingerprint density at radius 1 is 1.11 bits per heavy atom. The predicted octanol–water partition coefficient (Wildman–Crippen LogP) is 4.09. The maximum absolute atomic E-state index is 12.4. The summed E-state index contributed by atoms with van der Waals surface area (Å²) in [5.74, 6) is 0.406. The van der Waals surface area contributed by atoms with Crippen molar-refractivity contribution in [2.24, 2.45) is 5.92 Å². The molecule has 1 aromatic carbocycles. The molecule has 0 spiro atoms. The smallest absolute Gasteiger partial charge is 0.319 e. The Morgan fingerprint density at radius 3 is 2.29 bits per heavy atom. The van der Waals surface area contributed by atoms with Gasteiger partial charge in [-0.1, -0.05) is 33.8 Å². The SMILES string of the molecule is CCN(CC)C(CNC(=O)Nc1cccc(C(=O)NC(C)(C)C)c1)CC(C)C. The fourth-order valence-corrected chi connectivity index (χ4v) is 3.18. The van der Waals surface area contributed by atoms with Gasteiger partial charge in [-0.25, -0.2) is 4.79 Å². The lowest BCUT2D eigenvalue weighted by Crippen LogP contribution is -2.45. The Hall–Kier alpha value is -2.08. The second-order valence-corrected chi connectivity index (χ2v) is 8.62. The fourth-order valence-electron chi connectivity index (χ4n) is 3.18. The number of hydrogen-bond donors (Lipinski definition) is 3. The molecule has 1 unspecified atom stereocenters. The molecule has 1 atom stereocenters. The van der Waals surface area contributed by atoms with Gasteiger partial charge in [-0.3, -0.25) is 9.69 Å². The molecule has 0 aliphatic carbocycles. The van der Waals surface area contributed by atoms with Crippen molar-refractivity contribution < 1.29 is 9.59 Å². The van der Waals surface area contributed by atoms with E-state index in [1.807, 2.05) is 20.8 Å². The van der Waals surface area contributed by atoms with E-state index in [0.29, 0.717) is 29.8 Å². The van der Waals surface area contributed by atoms with E-state index in [9.17, 15) is 9.59 Å². The van der Waals surface area contributed by atoms with E-state index >= 15 is 0 Å². The van der Waals surface area contributed by atoms with Crippen LogP contribution in [0, 0.1) is 5.92 Å². The van der Waals surface area contributed by atoms with Crippen LogP contribution in [0.15, 0.2) is 24.3 Å². The van der Waals surface area contributed by atoms with Crippen LogP contribution in [0.1, 0.15) is 65.2 Å². The highest BCUT2D eigenvalue weighted by Gasteiger charge is 2.19. The molecule has 1 rings (SSSR count). The minimum Gasteiger partial charge on any atom is -0.347 e. The van der Waals surface area contributed by atoms with Gasteiger partial charge in [-0.05, 0) is 64.4 Å². The molecule has 0 saturated carbocycles. The van der Waals surface area contributed by atoms with Gasteiger partial charge >= 0.3 is 6.03 Å². The van der Waals surface area contributed by atoms with Gasteiger partial charge < -0.3 is 16.0 Å². The highest BCUT2D eigenvalue weighted by atomic mass is 16.2. The summed E-state index contributed by atoms with van der Waals surface area (Å²) in [7, 11) is 0. The van der Waals surface area contributed by atoms with Crippen molar-refractivity contribution in [3.8, 4) is 0 Å². The van der Waals surface area contributed by atoms with E-state index in [2.05, 4.69) is 48.5 Å². The number of rotatable bonds is 9. The average Bonchev–Trinajstić information content (AvgIpc) is 2.59. The summed E-state index contributed by atoms with van der Waals surface area (Å²) in [4.78, 5) is 27.1. The molecular weight excluding hydrogens is 352 g/mol. The number of benzene rings is 1. The molecule has 3 N–H and O–H groups in total. The molecule has 0 aliphatic rings. The Labute approximate surface area is 170 Å². The molecule has 28 heavy (non-hydrogen) atoms. The van der Waals surface area contributed by atoms with E-state index in [1.165, 1.54) is 0 Å². The zero-order valence-electron chi connectivity index (χ0n) is 18.6. The van der Waals surface area contributed by atoms with Crippen LogP contribution in [0.3, 0.4) is 0 Å². The minimum absolute atomic E-state index is 0.157. The largest absolute Gasteiger partial charge is 0.347 e. The minimum atomic E-state index is -0.312. The first-order valence-corrected chi connectivity index (χ1v) is 10.3. The van der Waals surface area contributed by atoms with Gasteiger partial charge in [0.2, 0.25) is 0 Å². The molecular formula is C22H38N4O2.